The van der Waals surface area contributed by atoms with Gasteiger partial charge in [0, 0.05) is 12.2 Å². The molecule has 0 saturated heterocycles. The number of anilines is 1. The van der Waals surface area contributed by atoms with Crippen molar-refractivity contribution in [3.63, 3.8) is 0 Å². The Balaban J connectivity index is 2.54. The van der Waals surface area contributed by atoms with E-state index in [0.717, 1.165) is 13.1 Å². The fourth-order valence-corrected chi connectivity index (χ4v) is 2.07. The summed E-state index contributed by atoms with van der Waals surface area (Å²) in [5.74, 6) is 0. The topological polar surface area (TPSA) is 15.3 Å². The Morgan fingerprint density at radius 1 is 1.06 bits per heavy atom. The van der Waals surface area contributed by atoms with Gasteiger partial charge < -0.3 is 10.2 Å². The van der Waals surface area contributed by atoms with Gasteiger partial charge in [0.2, 0.25) is 0 Å². The number of nitrogens with zero attached hydrogens (tertiary/aromatic N) is 1. The first-order valence-electron chi connectivity index (χ1n) is 5.97. The van der Waals surface area contributed by atoms with Crippen molar-refractivity contribution in [2.45, 2.75) is 27.2 Å². The monoisotopic (exact) mass is 220 g/mol. The number of hydrogen-bond donors (Lipinski definition) is 1. The van der Waals surface area contributed by atoms with Crippen LogP contribution in [-0.2, 0) is 0 Å². The van der Waals surface area contributed by atoms with Gasteiger partial charge in [-0.05, 0) is 59.0 Å². The Morgan fingerprint density at radius 2 is 1.62 bits per heavy atom. The predicted octanol–water partition coefficient (Wildman–Crippen LogP) is 2.98. The van der Waals surface area contributed by atoms with Crippen molar-refractivity contribution in [1.29, 1.82) is 0 Å². The maximum Gasteiger partial charge on any atom is 0.0399 e. The van der Waals surface area contributed by atoms with Crippen molar-refractivity contribution >= 4 is 5.69 Å². The van der Waals surface area contributed by atoms with Gasteiger partial charge in [0.05, 0.1) is 0 Å². The third kappa shape index (κ3) is 3.86. The summed E-state index contributed by atoms with van der Waals surface area (Å²) < 4.78 is 0. The van der Waals surface area contributed by atoms with Gasteiger partial charge >= 0.3 is 0 Å². The molecule has 0 aromatic heterocycles. The molecule has 0 amide bonds. The lowest BCUT2D eigenvalue weighted by Crippen LogP contribution is -2.16. The van der Waals surface area contributed by atoms with Crippen molar-refractivity contribution in [3.8, 4) is 0 Å². The standard InChI is InChI=1S/C14H24N2/c1-11-9-12(2)14(13(3)10-11)15-7-6-8-16(4)5/h9-10,15H,6-8H2,1-5H3. The van der Waals surface area contributed by atoms with Crippen LogP contribution in [0.25, 0.3) is 0 Å². The van der Waals surface area contributed by atoms with Crippen LogP contribution < -0.4 is 5.32 Å². The molecule has 0 fully saturated rings. The Hall–Kier alpha value is -1.02. The second-order valence-electron chi connectivity index (χ2n) is 4.86. The molecule has 0 spiro atoms. The van der Waals surface area contributed by atoms with E-state index in [9.17, 15) is 0 Å². The summed E-state index contributed by atoms with van der Waals surface area (Å²) in [4.78, 5) is 2.22. The molecule has 2 nitrogen and oxygen atoms in total. The molecule has 1 aromatic carbocycles. The fraction of sp³-hybridized carbons (Fsp3) is 0.571. The minimum Gasteiger partial charge on any atom is -0.385 e. The van der Waals surface area contributed by atoms with Gasteiger partial charge in [-0.1, -0.05) is 17.7 Å². The van der Waals surface area contributed by atoms with Crippen molar-refractivity contribution in [2.24, 2.45) is 0 Å². The Bertz CT molecular complexity index is 320. The van der Waals surface area contributed by atoms with Crippen molar-refractivity contribution in [2.75, 3.05) is 32.5 Å². The summed E-state index contributed by atoms with van der Waals surface area (Å²) in [5.41, 5.74) is 5.35. The molecular weight excluding hydrogens is 196 g/mol. The van der Waals surface area contributed by atoms with Gasteiger partial charge in [-0.25, -0.2) is 0 Å². The summed E-state index contributed by atoms with van der Waals surface area (Å²) in [6.07, 6.45) is 1.18. The Kier molecular flexibility index (Phi) is 4.81. The molecule has 1 N–H and O–H groups in total. The lowest BCUT2D eigenvalue weighted by molar-refractivity contribution is 0.405. The first-order chi connectivity index (χ1) is 7.50. The molecule has 0 atom stereocenters. The average Bonchev–Trinajstić information content (AvgIpc) is 2.14. The van der Waals surface area contributed by atoms with E-state index in [1.54, 1.807) is 0 Å². The van der Waals surface area contributed by atoms with Crippen LogP contribution >= 0.6 is 0 Å². The van der Waals surface area contributed by atoms with Gasteiger partial charge in [-0.2, -0.15) is 0 Å². The third-order valence-corrected chi connectivity index (χ3v) is 2.76. The molecule has 90 valence electrons. The minimum absolute atomic E-state index is 1.04. The molecule has 2 heteroatoms. The Labute approximate surface area is 99.7 Å². The van der Waals surface area contributed by atoms with E-state index >= 15 is 0 Å². The fourth-order valence-electron chi connectivity index (χ4n) is 2.07. The Morgan fingerprint density at radius 3 is 2.12 bits per heavy atom. The third-order valence-electron chi connectivity index (χ3n) is 2.76. The molecule has 0 aliphatic heterocycles. The van der Waals surface area contributed by atoms with Gasteiger partial charge in [0.1, 0.15) is 0 Å². The molecule has 16 heavy (non-hydrogen) atoms. The summed E-state index contributed by atoms with van der Waals surface area (Å²) in [7, 11) is 4.23. The molecule has 0 aliphatic carbocycles. The second-order valence-corrected chi connectivity index (χ2v) is 4.86. The maximum absolute atomic E-state index is 3.54. The van der Waals surface area contributed by atoms with E-state index in [0.29, 0.717) is 0 Å². The highest BCUT2D eigenvalue weighted by molar-refractivity contribution is 5.58. The highest BCUT2D eigenvalue weighted by atomic mass is 15.1. The molecule has 1 aromatic rings. The number of rotatable bonds is 5. The van der Waals surface area contributed by atoms with E-state index in [1.807, 2.05) is 0 Å². The summed E-state index contributed by atoms with van der Waals surface area (Å²) in [6, 6.07) is 4.47. The van der Waals surface area contributed by atoms with Crippen LogP contribution in [0.2, 0.25) is 0 Å². The average molecular weight is 220 g/mol. The zero-order valence-electron chi connectivity index (χ0n) is 11.2. The van der Waals surface area contributed by atoms with Crippen LogP contribution in [-0.4, -0.2) is 32.1 Å². The zero-order valence-corrected chi connectivity index (χ0v) is 11.2. The van der Waals surface area contributed by atoms with Crippen LogP contribution in [0, 0.1) is 20.8 Å². The molecule has 0 unspecified atom stereocenters. The normalized spacial score (nSPS) is 10.9. The number of hydrogen-bond acceptors (Lipinski definition) is 2. The molecular formula is C14H24N2. The van der Waals surface area contributed by atoms with E-state index in [4.69, 9.17) is 0 Å². The SMILES string of the molecule is Cc1cc(C)c(NCCCN(C)C)c(C)c1. The van der Waals surface area contributed by atoms with Gasteiger partial charge in [0.25, 0.3) is 0 Å². The summed E-state index contributed by atoms with van der Waals surface area (Å²) >= 11 is 0. The lowest BCUT2D eigenvalue weighted by Gasteiger charge is -2.15. The smallest absolute Gasteiger partial charge is 0.0399 e. The quantitative estimate of drug-likeness (QED) is 0.767. The van der Waals surface area contributed by atoms with Crippen molar-refractivity contribution in [1.82, 2.24) is 4.90 Å². The van der Waals surface area contributed by atoms with Gasteiger partial charge in [0.15, 0.2) is 0 Å². The second kappa shape index (κ2) is 5.90. The van der Waals surface area contributed by atoms with E-state index < -0.39 is 0 Å². The summed E-state index contributed by atoms with van der Waals surface area (Å²) in [6.45, 7) is 8.68. The number of benzene rings is 1. The van der Waals surface area contributed by atoms with E-state index in [1.165, 1.54) is 28.8 Å². The summed E-state index contributed by atoms with van der Waals surface area (Å²) in [5, 5.41) is 3.54. The molecule has 0 radical (unpaired) electrons. The van der Waals surface area contributed by atoms with Crippen molar-refractivity contribution < 1.29 is 0 Å². The molecule has 0 saturated carbocycles. The van der Waals surface area contributed by atoms with Crippen molar-refractivity contribution in [3.05, 3.63) is 28.8 Å². The van der Waals surface area contributed by atoms with Crippen LogP contribution in [0.4, 0.5) is 5.69 Å². The zero-order chi connectivity index (χ0) is 12.1. The molecule has 0 bridgehead atoms. The lowest BCUT2D eigenvalue weighted by atomic mass is 10.1. The highest BCUT2D eigenvalue weighted by Gasteiger charge is 2.02. The first kappa shape index (κ1) is 13.0. The predicted molar refractivity (Wildman–Crippen MR) is 72.3 cm³/mol. The van der Waals surface area contributed by atoms with Crippen LogP contribution in [0.1, 0.15) is 23.1 Å². The van der Waals surface area contributed by atoms with Gasteiger partial charge in [-0.15, -0.1) is 0 Å². The number of nitrogens with one attached hydrogen (secondary N) is 1. The van der Waals surface area contributed by atoms with Crippen LogP contribution in [0.5, 0.6) is 0 Å². The van der Waals surface area contributed by atoms with E-state index in [2.05, 4.69) is 57.2 Å². The largest absolute Gasteiger partial charge is 0.385 e. The van der Waals surface area contributed by atoms with Gasteiger partial charge in [-0.3, -0.25) is 0 Å². The van der Waals surface area contributed by atoms with Crippen LogP contribution in [0.3, 0.4) is 0 Å². The number of aryl methyl sites for hydroxylation is 3. The highest BCUT2D eigenvalue weighted by Crippen LogP contribution is 2.21. The molecule has 0 aliphatic rings. The molecule has 1 rings (SSSR count). The minimum atomic E-state index is 1.04. The maximum atomic E-state index is 3.54. The first-order valence-corrected chi connectivity index (χ1v) is 5.97. The van der Waals surface area contributed by atoms with E-state index in [-0.39, 0.29) is 0 Å². The van der Waals surface area contributed by atoms with Crippen LogP contribution in [0.15, 0.2) is 12.1 Å². The molecule has 0 heterocycles.